The van der Waals surface area contributed by atoms with Crippen LogP contribution in [0.15, 0.2) is 18.2 Å². The van der Waals surface area contributed by atoms with E-state index in [0.29, 0.717) is 11.5 Å². The number of aryl methyl sites for hydroxylation is 2. The number of carbonyl (C=O) groups is 2. The minimum atomic E-state index is -0.0909. The van der Waals surface area contributed by atoms with Crippen LogP contribution in [-0.4, -0.2) is 23.3 Å². The molecule has 3 nitrogen and oxygen atoms in total. The van der Waals surface area contributed by atoms with Crippen molar-refractivity contribution in [3.63, 3.8) is 0 Å². The van der Waals surface area contributed by atoms with Crippen molar-refractivity contribution < 1.29 is 9.59 Å². The number of imide groups is 1. The molecular formula is C14H17NO2S. The summed E-state index contributed by atoms with van der Waals surface area (Å²) < 4.78 is 0. The van der Waals surface area contributed by atoms with Gasteiger partial charge in [-0.1, -0.05) is 32.0 Å². The molecule has 1 heterocycles. The highest BCUT2D eigenvalue weighted by molar-refractivity contribution is 8.00. The zero-order valence-electron chi connectivity index (χ0n) is 10.7. The van der Waals surface area contributed by atoms with Crippen LogP contribution in [0.4, 0.5) is 5.69 Å². The van der Waals surface area contributed by atoms with E-state index in [-0.39, 0.29) is 11.8 Å². The first-order valence-corrected chi connectivity index (χ1v) is 7.38. The zero-order valence-corrected chi connectivity index (χ0v) is 11.5. The fraction of sp³-hybridized carbons (Fsp3) is 0.429. The molecule has 2 amide bonds. The molecule has 1 aromatic carbocycles. The Bertz CT molecular complexity index is 446. The highest BCUT2D eigenvalue weighted by atomic mass is 32.2. The predicted molar refractivity (Wildman–Crippen MR) is 75.0 cm³/mol. The number of hydrogen-bond donors (Lipinski definition) is 0. The highest BCUT2D eigenvalue weighted by Gasteiger charge is 2.30. The fourth-order valence-corrected chi connectivity index (χ4v) is 2.96. The second-order valence-electron chi connectivity index (χ2n) is 4.25. The summed E-state index contributed by atoms with van der Waals surface area (Å²) in [7, 11) is 0. The first-order chi connectivity index (χ1) is 8.69. The van der Waals surface area contributed by atoms with Gasteiger partial charge in [-0.3, -0.25) is 9.59 Å². The van der Waals surface area contributed by atoms with Crippen LogP contribution in [0.25, 0.3) is 0 Å². The smallest absolute Gasteiger partial charge is 0.243 e. The Kier molecular flexibility index (Phi) is 4.07. The normalized spacial score (nSPS) is 16.2. The Balaban J connectivity index is 2.53. The first kappa shape index (κ1) is 13.1. The van der Waals surface area contributed by atoms with Gasteiger partial charge in [0.15, 0.2) is 0 Å². The summed E-state index contributed by atoms with van der Waals surface area (Å²) in [5.74, 6) is 0.610. The quantitative estimate of drug-likeness (QED) is 0.786. The molecule has 0 saturated carbocycles. The standard InChI is InChI=1S/C14H17NO2S/c1-3-10-6-5-7-11(4-2)14(10)15-12(16)8-18-9-13(15)17/h5-7H,3-4,8-9H2,1-2H3. The lowest BCUT2D eigenvalue weighted by Crippen LogP contribution is -2.44. The van der Waals surface area contributed by atoms with E-state index in [2.05, 4.69) is 0 Å². The number of hydrogen-bond acceptors (Lipinski definition) is 3. The van der Waals surface area contributed by atoms with Crippen molar-refractivity contribution in [3.05, 3.63) is 29.3 Å². The van der Waals surface area contributed by atoms with Gasteiger partial charge >= 0.3 is 0 Å². The van der Waals surface area contributed by atoms with Crippen LogP contribution >= 0.6 is 11.8 Å². The van der Waals surface area contributed by atoms with E-state index in [1.165, 1.54) is 16.7 Å². The van der Waals surface area contributed by atoms with E-state index in [4.69, 9.17) is 0 Å². The van der Waals surface area contributed by atoms with Gasteiger partial charge in [-0.05, 0) is 24.0 Å². The van der Waals surface area contributed by atoms with Crippen molar-refractivity contribution in [3.8, 4) is 0 Å². The minimum Gasteiger partial charge on any atom is -0.273 e. The SMILES string of the molecule is CCc1cccc(CC)c1N1C(=O)CSCC1=O. The van der Waals surface area contributed by atoms with E-state index in [1.807, 2.05) is 32.0 Å². The van der Waals surface area contributed by atoms with Gasteiger partial charge in [0, 0.05) is 0 Å². The van der Waals surface area contributed by atoms with E-state index < -0.39 is 0 Å². The van der Waals surface area contributed by atoms with Crippen molar-refractivity contribution in [2.24, 2.45) is 0 Å². The number of benzene rings is 1. The van der Waals surface area contributed by atoms with Crippen molar-refractivity contribution in [2.45, 2.75) is 26.7 Å². The molecule has 0 atom stereocenters. The van der Waals surface area contributed by atoms with E-state index in [0.717, 1.165) is 29.7 Å². The average Bonchev–Trinajstić information content (AvgIpc) is 2.38. The van der Waals surface area contributed by atoms with Gasteiger partial charge in [0.25, 0.3) is 0 Å². The lowest BCUT2D eigenvalue weighted by atomic mass is 10.0. The molecule has 18 heavy (non-hydrogen) atoms. The monoisotopic (exact) mass is 263 g/mol. The molecule has 1 fully saturated rings. The summed E-state index contributed by atoms with van der Waals surface area (Å²) in [6, 6.07) is 5.99. The number of rotatable bonds is 3. The molecule has 4 heteroatoms. The Hall–Kier alpha value is -1.29. The van der Waals surface area contributed by atoms with Crippen LogP contribution in [0.2, 0.25) is 0 Å². The second-order valence-corrected chi connectivity index (χ2v) is 5.23. The first-order valence-electron chi connectivity index (χ1n) is 6.23. The minimum absolute atomic E-state index is 0.0909. The lowest BCUT2D eigenvalue weighted by Gasteiger charge is -2.28. The summed E-state index contributed by atoms with van der Waals surface area (Å²) in [6.07, 6.45) is 1.65. The van der Waals surface area contributed by atoms with Crippen LogP contribution in [0.3, 0.4) is 0 Å². The van der Waals surface area contributed by atoms with Crippen LogP contribution in [0.5, 0.6) is 0 Å². The molecule has 96 valence electrons. The Labute approximate surface area is 112 Å². The predicted octanol–water partition coefficient (Wildman–Crippen LogP) is 2.42. The number of anilines is 1. The summed E-state index contributed by atoms with van der Waals surface area (Å²) in [6.45, 7) is 4.10. The van der Waals surface area contributed by atoms with E-state index in [1.54, 1.807) is 0 Å². The van der Waals surface area contributed by atoms with Gasteiger partial charge in [0.05, 0.1) is 17.2 Å². The Morgan fingerprint density at radius 3 is 2.00 bits per heavy atom. The highest BCUT2D eigenvalue weighted by Crippen LogP contribution is 2.30. The molecule has 0 bridgehead atoms. The molecule has 0 spiro atoms. The van der Waals surface area contributed by atoms with Gasteiger partial charge in [-0.15, -0.1) is 11.8 Å². The molecule has 1 aliphatic rings. The summed E-state index contributed by atoms with van der Waals surface area (Å²) in [5, 5.41) is 0. The summed E-state index contributed by atoms with van der Waals surface area (Å²) in [5.41, 5.74) is 2.98. The Morgan fingerprint density at radius 2 is 1.56 bits per heavy atom. The van der Waals surface area contributed by atoms with Crippen molar-refractivity contribution in [1.29, 1.82) is 0 Å². The number of carbonyl (C=O) groups excluding carboxylic acids is 2. The second kappa shape index (κ2) is 5.57. The topological polar surface area (TPSA) is 37.4 Å². The molecule has 1 aromatic rings. The van der Waals surface area contributed by atoms with Gasteiger partial charge in [0.2, 0.25) is 11.8 Å². The zero-order chi connectivity index (χ0) is 13.1. The summed E-state index contributed by atoms with van der Waals surface area (Å²) in [4.78, 5) is 25.4. The lowest BCUT2D eigenvalue weighted by molar-refractivity contribution is -0.124. The maximum absolute atomic E-state index is 12.0. The molecule has 0 N–H and O–H groups in total. The number of amides is 2. The van der Waals surface area contributed by atoms with Crippen molar-refractivity contribution >= 4 is 29.3 Å². The number of nitrogens with zero attached hydrogens (tertiary/aromatic N) is 1. The van der Waals surface area contributed by atoms with Crippen molar-refractivity contribution in [1.82, 2.24) is 0 Å². The molecule has 0 radical (unpaired) electrons. The molecule has 2 rings (SSSR count). The molecule has 1 aliphatic heterocycles. The summed E-state index contributed by atoms with van der Waals surface area (Å²) >= 11 is 1.40. The van der Waals surface area contributed by atoms with Crippen LogP contribution in [0.1, 0.15) is 25.0 Å². The van der Waals surface area contributed by atoms with Gasteiger partial charge in [0.1, 0.15) is 0 Å². The van der Waals surface area contributed by atoms with E-state index >= 15 is 0 Å². The molecule has 0 unspecified atom stereocenters. The van der Waals surface area contributed by atoms with E-state index in [9.17, 15) is 9.59 Å². The Morgan fingerprint density at radius 1 is 1.06 bits per heavy atom. The number of para-hydroxylation sites is 1. The van der Waals surface area contributed by atoms with Gasteiger partial charge in [-0.25, -0.2) is 4.90 Å². The molecular weight excluding hydrogens is 246 g/mol. The molecule has 0 aromatic heterocycles. The third-order valence-electron chi connectivity index (χ3n) is 3.14. The molecule has 1 saturated heterocycles. The molecule has 0 aliphatic carbocycles. The maximum atomic E-state index is 12.0. The van der Waals surface area contributed by atoms with Crippen LogP contribution < -0.4 is 4.90 Å². The number of thioether (sulfide) groups is 1. The average molecular weight is 263 g/mol. The van der Waals surface area contributed by atoms with Gasteiger partial charge < -0.3 is 0 Å². The van der Waals surface area contributed by atoms with Crippen molar-refractivity contribution in [2.75, 3.05) is 16.4 Å². The maximum Gasteiger partial charge on any atom is 0.243 e. The third kappa shape index (κ3) is 2.29. The largest absolute Gasteiger partial charge is 0.273 e. The van der Waals surface area contributed by atoms with Crippen LogP contribution in [-0.2, 0) is 22.4 Å². The van der Waals surface area contributed by atoms with Gasteiger partial charge in [-0.2, -0.15) is 0 Å². The van der Waals surface area contributed by atoms with Crippen LogP contribution in [0, 0.1) is 0 Å². The third-order valence-corrected chi connectivity index (χ3v) is 4.04. The fourth-order valence-electron chi connectivity index (χ4n) is 2.25.